The van der Waals surface area contributed by atoms with Crippen molar-refractivity contribution in [2.24, 2.45) is 5.84 Å². The van der Waals surface area contributed by atoms with Gasteiger partial charge in [-0.05, 0) is 58.0 Å². The Morgan fingerprint density at radius 1 is 1.18 bits per heavy atom. The van der Waals surface area contributed by atoms with Gasteiger partial charge in [-0.15, -0.1) is 0 Å². The van der Waals surface area contributed by atoms with E-state index in [2.05, 4.69) is 15.2 Å². The average molecular weight is 527 g/mol. The molecular formula is C26H42N10O2. The summed E-state index contributed by atoms with van der Waals surface area (Å²) in [6.07, 6.45) is 1.87. The van der Waals surface area contributed by atoms with E-state index in [0.29, 0.717) is 33.8 Å². The number of hydrogen-bond donors (Lipinski definition) is 6. The summed E-state index contributed by atoms with van der Waals surface area (Å²) < 4.78 is 5.83. The number of pyridine rings is 1. The summed E-state index contributed by atoms with van der Waals surface area (Å²) in [5.74, 6) is 6.58. The van der Waals surface area contributed by atoms with Crippen LogP contribution in [0.15, 0.2) is 47.8 Å². The molecule has 1 saturated heterocycles. The molecule has 0 bridgehead atoms. The quantitative estimate of drug-likeness (QED) is 0.193. The van der Waals surface area contributed by atoms with Crippen molar-refractivity contribution in [3.8, 4) is 0 Å². The second-order valence-corrected chi connectivity index (χ2v) is 9.66. The Kier molecular flexibility index (Phi) is 8.40. The fourth-order valence-electron chi connectivity index (χ4n) is 4.81. The van der Waals surface area contributed by atoms with Gasteiger partial charge in [0.15, 0.2) is 0 Å². The summed E-state index contributed by atoms with van der Waals surface area (Å²) in [6.45, 7) is 9.08. The van der Waals surface area contributed by atoms with E-state index in [4.69, 9.17) is 27.1 Å². The van der Waals surface area contributed by atoms with Crippen LogP contribution in [0.3, 0.4) is 0 Å². The van der Waals surface area contributed by atoms with E-state index in [1.807, 2.05) is 19.9 Å². The number of nitrogens with one attached hydrogen (secondary N) is 3. The fourth-order valence-corrected chi connectivity index (χ4v) is 4.81. The lowest BCUT2D eigenvalue weighted by atomic mass is 10.00. The maximum absolute atomic E-state index is 13.2. The number of anilines is 3. The lowest BCUT2D eigenvalue weighted by Crippen LogP contribution is -2.56. The van der Waals surface area contributed by atoms with Gasteiger partial charge in [0, 0.05) is 57.4 Å². The number of carbonyl (C=O) groups excluding carboxylic acids is 1. The van der Waals surface area contributed by atoms with Crippen LogP contribution in [0.2, 0.25) is 0 Å². The molecule has 2 aliphatic heterocycles. The summed E-state index contributed by atoms with van der Waals surface area (Å²) in [6, 6.07) is 8.27. The Hall–Kier alpha value is -4.00. The van der Waals surface area contributed by atoms with E-state index in [1.165, 1.54) is 5.01 Å². The van der Waals surface area contributed by atoms with Crippen molar-refractivity contribution >= 4 is 34.8 Å². The number of nitrogens with two attached hydrogens (primary N) is 2. The first-order valence-corrected chi connectivity index (χ1v) is 12.2. The van der Waals surface area contributed by atoms with Crippen molar-refractivity contribution in [3.05, 3.63) is 58.9 Å². The predicted octanol–water partition coefficient (Wildman–Crippen LogP) is 3.00. The number of hydrogen-bond acceptors (Lipinski definition) is 9. The number of morpholine rings is 1. The molecule has 10 N–H and O–H groups in total. The molecule has 4 rings (SSSR count). The first-order chi connectivity index (χ1) is 17.5. The van der Waals surface area contributed by atoms with Gasteiger partial charge in [0.25, 0.3) is 5.91 Å². The highest BCUT2D eigenvalue weighted by Crippen LogP contribution is 2.27. The van der Waals surface area contributed by atoms with Gasteiger partial charge in [0.2, 0.25) is 5.96 Å². The summed E-state index contributed by atoms with van der Waals surface area (Å²) in [5, 5.41) is 21.2. The van der Waals surface area contributed by atoms with Gasteiger partial charge in [0.05, 0.1) is 29.5 Å². The zero-order valence-corrected chi connectivity index (χ0v) is 22.6. The summed E-state index contributed by atoms with van der Waals surface area (Å²) in [7, 11) is 1.69. The van der Waals surface area contributed by atoms with Gasteiger partial charge in [-0.25, -0.2) is 10.8 Å². The van der Waals surface area contributed by atoms with E-state index >= 15 is 0 Å². The molecular weight excluding hydrogens is 484 g/mol. The second-order valence-electron chi connectivity index (χ2n) is 9.66. The van der Waals surface area contributed by atoms with Crippen LogP contribution in [0.1, 0.15) is 41.7 Å². The van der Waals surface area contributed by atoms with Crippen LogP contribution >= 0.6 is 0 Å². The minimum atomic E-state index is -0.476. The smallest absolute Gasteiger partial charge is 0.255 e. The van der Waals surface area contributed by atoms with Crippen LogP contribution in [0, 0.1) is 10.8 Å². The molecule has 0 spiro atoms. The number of carbonyl (C=O) groups is 1. The third-order valence-electron chi connectivity index (χ3n) is 6.89. The molecule has 2 aliphatic rings. The molecule has 38 heavy (non-hydrogen) atoms. The van der Waals surface area contributed by atoms with E-state index < -0.39 is 6.04 Å². The molecule has 12 nitrogen and oxygen atoms in total. The number of benzene rings is 1. The van der Waals surface area contributed by atoms with Crippen molar-refractivity contribution in [1.29, 1.82) is 10.8 Å². The number of ether oxygens (including phenoxy) is 1. The van der Waals surface area contributed by atoms with Crippen LogP contribution in [0.25, 0.3) is 0 Å². The minimum absolute atomic E-state index is 0. The van der Waals surface area contributed by atoms with Crippen molar-refractivity contribution in [2.75, 3.05) is 36.1 Å². The Balaban J connectivity index is 0.00000267. The highest BCUT2D eigenvalue weighted by atomic mass is 16.5. The van der Waals surface area contributed by atoms with Crippen molar-refractivity contribution in [3.63, 3.8) is 0 Å². The third kappa shape index (κ3) is 5.47. The van der Waals surface area contributed by atoms with Crippen LogP contribution in [0.4, 0.5) is 17.2 Å². The Morgan fingerprint density at radius 3 is 2.50 bits per heavy atom. The number of guanidine groups is 1. The minimum Gasteiger partial charge on any atom is -0.398 e. The molecule has 0 unspecified atom stereocenters. The fraction of sp³-hybridized carbons (Fsp3) is 0.385. The van der Waals surface area contributed by atoms with Gasteiger partial charge >= 0.3 is 0 Å². The molecule has 0 aliphatic carbocycles. The van der Waals surface area contributed by atoms with Crippen molar-refractivity contribution < 1.29 is 12.4 Å². The molecule has 0 saturated carbocycles. The van der Waals surface area contributed by atoms with Gasteiger partial charge in [-0.1, -0.05) is 0 Å². The second kappa shape index (κ2) is 11.2. The van der Waals surface area contributed by atoms with E-state index in [9.17, 15) is 4.79 Å². The molecule has 2 aromatic rings. The number of rotatable bonds is 5. The topological polar surface area (TPSA) is 196 Å². The standard InChI is InChI=1S/C26H35N9O2.H3N.2H2/c1-14-12-34(13-15(2)37-14)22-10-18(8-9-31-22)24(28)20-11-19(6-7-21(20)27)32-25(36)23-16(3)33(5)26(29)35(30)17(23)4;;;/h6-11,14-15,17,28-29H,12-13,27,30H2,1-5H3,(H,32,36);1H3;2*1H/t14-,15-,17+;;;/m0.../s1. The van der Waals surface area contributed by atoms with Gasteiger partial charge in [-0.2, -0.15) is 0 Å². The number of nitrogens with zero attached hydrogens (tertiary/aromatic N) is 4. The number of allylic oxidation sites excluding steroid dienone is 1. The monoisotopic (exact) mass is 526 g/mol. The summed E-state index contributed by atoms with van der Waals surface area (Å²) in [4.78, 5) is 21.5. The van der Waals surface area contributed by atoms with Crippen LogP contribution in [-0.2, 0) is 9.53 Å². The zero-order chi connectivity index (χ0) is 27.0. The highest BCUT2D eigenvalue weighted by molar-refractivity contribution is 6.15. The first kappa shape index (κ1) is 28.6. The molecule has 0 radical (unpaired) electrons. The maximum atomic E-state index is 13.2. The van der Waals surface area contributed by atoms with Gasteiger partial charge in [0.1, 0.15) is 5.82 Å². The zero-order valence-electron chi connectivity index (χ0n) is 22.6. The molecule has 3 heterocycles. The van der Waals surface area contributed by atoms with E-state index in [0.717, 1.165) is 18.9 Å². The number of amides is 1. The SMILES string of the molecule is CC1=C(C(=O)Nc2ccc(N)c(C(=N)c3ccnc(N4C[C@H](C)O[C@@H](C)C4)c3)c2)[C@@H](C)N(N)C(=N)N1C.N.[HH].[HH]. The van der Waals surface area contributed by atoms with E-state index in [1.54, 1.807) is 56.3 Å². The molecule has 1 amide bonds. The van der Waals surface area contributed by atoms with Crippen LogP contribution in [-0.4, -0.2) is 70.9 Å². The largest absolute Gasteiger partial charge is 0.398 e. The molecule has 3 atom stereocenters. The molecule has 1 aromatic carbocycles. The maximum Gasteiger partial charge on any atom is 0.255 e. The van der Waals surface area contributed by atoms with E-state index in [-0.39, 0.29) is 38.8 Å². The number of nitrogen functional groups attached to an aromatic ring is 1. The highest BCUT2D eigenvalue weighted by Gasteiger charge is 2.33. The average Bonchev–Trinajstić information content (AvgIpc) is 2.86. The predicted molar refractivity (Wildman–Crippen MR) is 155 cm³/mol. The lowest BCUT2D eigenvalue weighted by molar-refractivity contribution is -0.113. The molecule has 208 valence electrons. The van der Waals surface area contributed by atoms with Crippen molar-refractivity contribution in [2.45, 2.75) is 45.9 Å². The molecule has 1 aromatic heterocycles. The van der Waals surface area contributed by atoms with Crippen LogP contribution in [0.5, 0.6) is 0 Å². The van der Waals surface area contributed by atoms with Gasteiger partial charge < -0.3 is 31.7 Å². The summed E-state index contributed by atoms with van der Waals surface area (Å²) >= 11 is 0. The normalized spacial score (nSPS) is 21.8. The van der Waals surface area contributed by atoms with Gasteiger partial charge in [-0.3, -0.25) is 20.6 Å². The molecule has 1 fully saturated rings. The Bertz CT molecular complexity index is 1280. The molecule has 12 heteroatoms. The van der Waals surface area contributed by atoms with Crippen molar-refractivity contribution in [1.82, 2.24) is 21.0 Å². The third-order valence-corrected chi connectivity index (χ3v) is 6.89. The first-order valence-electron chi connectivity index (χ1n) is 12.2. The Labute approximate surface area is 226 Å². The number of hydrazine groups is 1. The summed E-state index contributed by atoms with van der Waals surface area (Å²) in [5.41, 5.74) is 9.70. The number of aromatic nitrogens is 1. The van der Waals surface area contributed by atoms with Crippen LogP contribution < -0.4 is 27.9 Å². The lowest BCUT2D eigenvalue weighted by Gasteiger charge is -2.39. The Morgan fingerprint density at radius 2 is 1.84 bits per heavy atom.